The van der Waals surface area contributed by atoms with Crippen LogP contribution in [0.5, 0.6) is 0 Å². The van der Waals surface area contributed by atoms with Gasteiger partial charge in [0.1, 0.15) is 5.60 Å². The topological polar surface area (TPSA) is 81.7 Å². The number of hydrogen-bond acceptors (Lipinski definition) is 5. The van der Waals surface area contributed by atoms with Crippen LogP contribution in [0.15, 0.2) is 0 Å². The first-order valence-electron chi connectivity index (χ1n) is 7.25. The van der Waals surface area contributed by atoms with Crippen molar-refractivity contribution < 1.29 is 35.3 Å². The minimum atomic E-state index is -5.54. The van der Waals surface area contributed by atoms with Crippen LogP contribution in [-0.4, -0.2) is 38.3 Å². The molecule has 1 amide bonds. The standard InChI is InChI=1S/C13H22F3NO5S/c1-12(2,3)22-11(18)17-10-6-4-9(5-7-10)8-21-23(19,20)13(14,15)16/h9-10H,4-8H2,1-3H3,(H,17,18). The van der Waals surface area contributed by atoms with Gasteiger partial charge in [-0.3, -0.25) is 4.18 Å². The van der Waals surface area contributed by atoms with Crippen LogP contribution in [0.4, 0.5) is 18.0 Å². The molecule has 0 aromatic rings. The first-order valence-corrected chi connectivity index (χ1v) is 8.66. The van der Waals surface area contributed by atoms with Crippen molar-refractivity contribution in [3.05, 3.63) is 0 Å². The van der Waals surface area contributed by atoms with Gasteiger partial charge in [0.25, 0.3) is 0 Å². The second-order valence-corrected chi connectivity index (χ2v) is 8.16. The maximum Gasteiger partial charge on any atom is 0.523 e. The molecule has 0 aliphatic heterocycles. The molecule has 1 saturated carbocycles. The summed E-state index contributed by atoms with van der Waals surface area (Å²) in [5.74, 6) is -0.288. The molecule has 0 bridgehead atoms. The molecule has 0 aromatic carbocycles. The Bertz CT molecular complexity index is 505. The summed E-state index contributed by atoms with van der Waals surface area (Å²) in [6.45, 7) is 4.72. The van der Waals surface area contributed by atoms with Crippen LogP contribution < -0.4 is 5.32 Å². The second kappa shape index (κ2) is 7.25. The normalized spacial score (nSPS) is 23.4. The van der Waals surface area contributed by atoms with Crippen LogP contribution in [0.2, 0.25) is 0 Å². The SMILES string of the molecule is CC(C)(C)OC(=O)NC1CCC(COS(=O)(=O)C(F)(F)F)CC1. The highest BCUT2D eigenvalue weighted by Crippen LogP contribution is 2.29. The molecule has 6 nitrogen and oxygen atoms in total. The molecule has 23 heavy (non-hydrogen) atoms. The number of carbonyl (C=O) groups excluding carboxylic acids is 1. The van der Waals surface area contributed by atoms with E-state index >= 15 is 0 Å². The Morgan fingerprint density at radius 3 is 2.09 bits per heavy atom. The third-order valence-electron chi connectivity index (χ3n) is 3.31. The van der Waals surface area contributed by atoms with Gasteiger partial charge in [-0.1, -0.05) is 0 Å². The van der Waals surface area contributed by atoms with E-state index in [1.165, 1.54) is 0 Å². The highest BCUT2D eigenvalue weighted by molar-refractivity contribution is 7.87. The van der Waals surface area contributed by atoms with Crippen LogP contribution in [-0.2, 0) is 19.0 Å². The molecule has 10 heteroatoms. The summed E-state index contributed by atoms with van der Waals surface area (Å²) >= 11 is 0. The second-order valence-electron chi connectivity index (χ2n) is 6.55. The van der Waals surface area contributed by atoms with Gasteiger partial charge in [0.05, 0.1) is 6.61 Å². The van der Waals surface area contributed by atoms with Crippen molar-refractivity contribution in [3.63, 3.8) is 0 Å². The molecule has 0 radical (unpaired) electrons. The maximum absolute atomic E-state index is 12.2. The average molecular weight is 361 g/mol. The minimum absolute atomic E-state index is 0.139. The van der Waals surface area contributed by atoms with E-state index in [-0.39, 0.29) is 12.0 Å². The number of nitrogens with one attached hydrogen (secondary N) is 1. The average Bonchev–Trinajstić information content (AvgIpc) is 2.34. The number of alkyl halides is 3. The van der Waals surface area contributed by atoms with E-state index in [1.54, 1.807) is 20.8 Å². The fourth-order valence-electron chi connectivity index (χ4n) is 2.20. The molecule has 0 spiro atoms. The van der Waals surface area contributed by atoms with Crippen LogP contribution in [0, 0.1) is 5.92 Å². The Labute approximate surface area is 133 Å². The third kappa shape index (κ3) is 6.94. The predicted octanol–water partition coefficient (Wildman–Crippen LogP) is 2.94. The number of carbonyl (C=O) groups is 1. The predicted molar refractivity (Wildman–Crippen MR) is 76.0 cm³/mol. The lowest BCUT2D eigenvalue weighted by Gasteiger charge is -2.29. The molecule has 1 aliphatic carbocycles. The lowest BCUT2D eigenvalue weighted by molar-refractivity contribution is -0.0554. The van der Waals surface area contributed by atoms with Gasteiger partial charge in [0.2, 0.25) is 0 Å². The van der Waals surface area contributed by atoms with Gasteiger partial charge in [-0.15, -0.1) is 0 Å². The Morgan fingerprint density at radius 1 is 1.13 bits per heavy atom. The third-order valence-corrected chi connectivity index (χ3v) is 4.32. The van der Waals surface area contributed by atoms with Gasteiger partial charge in [-0.25, -0.2) is 4.79 Å². The summed E-state index contributed by atoms with van der Waals surface area (Å²) in [4.78, 5) is 11.6. The Hall–Kier alpha value is -1.03. The molecule has 0 heterocycles. The van der Waals surface area contributed by atoms with Gasteiger partial charge < -0.3 is 10.1 Å². The highest BCUT2D eigenvalue weighted by Gasteiger charge is 2.47. The van der Waals surface area contributed by atoms with E-state index in [9.17, 15) is 26.4 Å². The largest absolute Gasteiger partial charge is 0.523 e. The molecule has 0 atom stereocenters. The summed E-state index contributed by atoms with van der Waals surface area (Å²) in [5.41, 5.74) is -6.01. The molecule has 136 valence electrons. The molecule has 0 saturated heterocycles. The van der Waals surface area contributed by atoms with Crippen molar-refractivity contribution in [3.8, 4) is 0 Å². The fourth-order valence-corrected chi connectivity index (χ4v) is 2.71. The Kier molecular flexibility index (Phi) is 6.31. The van der Waals surface area contributed by atoms with Crippen molar-refractivity contribution in [2.75, 3.05) is 6.61 Å². The Morgan fingerprint density at radius 2 is 1.65 bits per heavy atom. The quantitative estimate of drug-likeness (QED) is 0.615. The molecular formula is C13H22F3NO5S. The van der Waals surface area contributed by atoms with Crippen LogP contribution in [0.25, 0.3) is 0 Å². The number of rotatable bonds is 4. The zero-order valence-electron chi connectivity index (χ0n) is 13.3. The van der Waals surface area contributed by atoms with E-state index in [0.717, 1.165) is 0 Å². The zero-order valence-corrected chi connectivity index (χ0v) is 14.1. The minimum Gasteiger partial charge on any atom is -0.444 e. The van der Waals surface area contributed by atoms with Crippen molar-refractivity contribution in [1.82, 2.24) is 5.32 Å². The summed E-state index contributed by atoms with van der Waals surface area (Å²) < 4.78 is 67.3. The monoisotopic (exact) mass is 361 g/mol. The number of hydrogen-bond donors (Lipinski definition) is 1. The van der Waals surface area contributed by atoms with E-state index in [4.69, 9.17) is 4.74 Å². The number of halogens is 3. The van der Waals surface area contributed by atoms with Crippen LogP contribution in [0.3, 0.4) is 0 Å². The summed E-state index contributed by atoms with van der Waals surface area (Å²) in [6, 6.07) is -0.139. The molecule has 1 aliphatic rings. The number of alkyl carbamates (subject to hydrolysis) is 1. The molecular weight excluding hydrogens is 339 g/mol. The molecule has 0 aromatic heterocycles. The lowest BCUT2D eigenvalue weighted by Crippen LogP contribution is -2.41. The van der Waals surface area contributed by atoms with Gasteiger partial charge >= 0.3 is 21.7 Å². The number of amides is 1. The fraction of sp³-hybridized carbons (Fsp3) is 0.923. The summed E-state index contributed by atoms with van der Waals surface area (Å²) in [6.07, 6.45) is 1.44. The molecule has 0 unspecified atom stereocenters. The molecule has 1 N–H and O–H groups in total. The van der Waals surface area contributed by atoms with Gasteiger partial charge in [-0.05, 0) is 52.4 Å². The zero-order chi connectivity index (χ0) is 17.9. The van der Waals surface area contributed by atoms with Crippen LogP contribution >= 0.6 is 0 Å². The first-order chi connectivity index (χ1) is 10.3. The highest BCUT2D eigenvalue weighted by atomic mass is 32.2. The molecule has 1 rings (SSSR count). The van der Waals surface area contributed by atoms with Crippen molar-refractivity contribution >= 4 is 16.2 Å². The number of ether oxygens (including phenoxy) is 1. The summed E-state index contributed by atoms with van der Waals surface area (Å²) in [5, 5.41) is 2.69. The van der Waals surface area contributed by atoms with Crippen molar-refractivity contribution in [2.45, 2.75) is 63.6 Å². The summed E-state index contributed by atoms with van der Waals surface area (Å²) in [7, 11) is -5.54. The van der Waals surface area contributed by atoms with Gasteiger partial charge in [-0.2, -0.15) is 21.6 Å². The smallest absolute Gasteiger partial charge is 0.444 e. The van der Waals surface area contributed by atoms with Crippen molar-refractivity contribution in [2.24, 2.45) is 5.92 Å². The van der Waals surface area contributed by atoms with Gasteiger partial charge in [0, 0.05) is 6.04 Å². The van der Waals surface area contributed by atoms with Gasteiger partial charge in [0.15, 0.2) is 0 Å². The van der Waals surface area contributed by atoms with E-state index in [2.05, 4.69) is 9.50 Å². The Balaban J connectivity index is 2.35. The van der Waals surface area contributed by atoms with Crippen LogP contribution in [0.1, 0.15) is 46.5 Å². The van der Waals surface area contributed by atoms with E-state index < -0.39 is 33.9 Å². The van der Waals surface area contributed by atoms with E-state index in [1.807, 2.05) is 0 Å². The van der Waals surface area contributed by atoms with Crippen molar-refractivity contribution in [1.29, 1.82) is 0 Å². The maximum atomic E-state index is 12.2. The van der Waals surface area contributed by atoms with E-state index in [0.29, 0.717) is 25.7 Å². The molecule has 1 fully saturated rings. The lowest BCUT2D eigenvalue weighted by atomic mass is 9.87. The first kappa shape index (κ1) is 20.0.